The Bertz CT molecular complexity index is 711. The van der Waals surface area contributed by atoms with E-state index in [1.165, 1.54) is 6.07 Å². The molecular weight excluding hydrogens is 397 g/mol. The number of hydrogen-bond acceptors (Lipinski definition) is 4. The van der Waals surface area contributed by atoms with E-state index < -0.39 is 23.6 Å². The number of amides is 1. The first-order valence-electron chi connectivity index (χ1n) is 9.31. The van der Waals surface area contributed by atoms with Crippen LogP contribution in [0.4, 0.5) is 18.9 Å². The normalized spacial score (nSPS) is 20.6. The maximum absolute atomic E-state index is 13.0. The van der Waals surface area contributed by atoms with Crippen LogP contribution in [0.1, 0.15) is 32.3 Å². The molecule has 2 fully saturated rings. The highest BCUT2D eigenvalue weighted by Gasteiger charge is 2.42. The quantitative estimate of drug-likeness (QED) is 0.794. The highest BCUT2D eigenvalue weighted by molar-refractivity contribution is 6.33. The van der Waals surface area contributed by atoms with Crippen molar-refractivity contribution >= 4 is 23.2 Å². The molecule has 1 N–H and O–H groups in total. The Balaban J connectivity index is 1.69. The molecule has 2 aliphatic heterocycles. The summed E-state index contributed by atoms with van der Waals surface area (Å²) in [4.78, 5) is 14.8. The number of likely N-dealkylation sites (tertiary alicyclic amines) is 1. The number of carbonyl (C=O) groups is 1. The van der Waals surface area contributed by atoms with E-state index in [1.54, 1.807) is 4.90 Å². The molecule has 1 aromatic rings. The van der Waals surface area contributed by atoms with Gasteiger partial charge in [0.15, 0.2) is 5.79 Å². The SMILES string of the molecule is CC(C)[C@@H](Nc1ccc(C(F)(F)F)cc1Cl)C(=O)N1CCC2(CC1)OCCO2. The fourth-order valence-electron chi connectivity index (χ4n) is 3.54. The molecule has 0 radical (unpaired) electrons. The van der Waals surface area contributed by atoms with Crippen molar-refractivity contribution in [2.24, 2.45) is 5.92 Å². The van der Waals surface area contributed by atoms with Gasteiger partial charge in [-0.15, -0.1) is 0 Å². The van der Waals surface area contributed by atoms with E-state index in [1.807, 2.05) is 13.8 Å². The van der Waals surface area contributed by atoms with E-state index in [0.29, 0.717) is 44.8 Å². The summed E-state index contributed by atoms with van der Waals surface area (Å²) in [6, 6.07) is 2.48. The van der Waals surface area contributed by atoms with Gasteiger partial charge in [0.2, 0.25) is 5.91 Å². The van der Waals surface area contributed by atoms with Crippen molar-refractivity contribution < 1.29 is 27.4 Å². The van der Waals surface area contributed by atoms with Crippen LogP contribution < -0.4 is 5.32 Å². The number of nitrogens with one attached hydrogen (secondary N) is 1. The van der Waals surface area contributed by atoms with Gasteiger partial charge in [0, 0.05) is 25.9 Å². The number of piperidine rings is 1. The molecule has 1 amide bonds. The Hall–Kier alpha value is -1.51. The number of alkyl halides is 3. The Morgan fingerprint density at radius 2 is 1.82 bits per heavy atom. The van der Waals surface area contributed by atoms with Crippen LogP contribution >= 0.6 is 11.6 Å². The molecule has 1 atom stereocenters. The van der Waals surface area contributed by atoms with E-state index in [9.17, 15) is 18.0 Å². The summed E-state index contributed by atoms with van der Waals surface area (Å²) in [5.74, 6) is -0.770. The van der Waals surface area contributed by atoms with E-state index in [0.717, 1.165) is 12.1 Å². The van der Waals surface area contributed by atoms with Gasteiger partial charge < -0.3 is 19.7 Å². The summed E-state index contributed by atoms with van der Waals surface area (Å²) >= 11 is 6.04. The van der Waals surface area contributed by atoms with Crippen LogP contribution in [0.25, 0.3) is 0 Å². The molecule has 156 valence electrons. The van der Waals surface area contributed by atoms with Gasteiger partial charge in [0.1, 0.15) is 6.04 Å². The predicted molar refractivity (Wildman–Crippen MR) is 99.2 cm³/mol. The predicted octanol–water partition coefficient (Wildman–Crippen LogP) is 4.16. The van der Waals surface area contributed by atoms with Crippen LogP contribution in [0.3, 0.4) is 0 Å². The fraction of sp³-hybridized carbons (Fsp3) is 0.632. The smallest absolute Gasteiger partial charge is 0.372 e. The van der Waals surface area contributed by atoms with E-state index >= 15 is 0 Å². The van der Waals surface area contributed by atoms with Crippen molar-refractivity contribution in [1.82, 2.24) is 4.90 Å². The van der Waals surface area contributed by atoms with E-state index in [4.69, 9.17) is 21.1 Å². The Kier molecular flexibility index (Phi) is 6.12. The summed E-state index contributed by atoms with van der Waals surface area (Å²) < 4.78 is 49.8. The first kappa shape index (κ1) is 21.2. The Labute approximate surface area is 167 Å². The van der Waals surface area contributed by atoms with Crippen LogP contribution in [0.15, 0.2) is 18.2 Å². The summed E-state index contributed by atoms with van der Waals surface area (Å²) in [6.45, 7) is 5.90. The van der Waals surface area contributed by atoms with Gasteiger partial charge in [-0.05, 0) is 24.1 Å². The maximum Gasteiger partial charge on any atom is 0.416 e. The fourth-order valence-corrected chi connectivity index (χ4v) is 3.77. The van der Waals surface area contributed by atoms with Crippen molar-refractivity contribution in [2.45, 2.75) is 44.7 Å². The zero-order valence-corrected chi connectivity index (χ0v) is 16.6. The molecular formula is C19H24ClF3N2O3. The van der Waals surface area contributed by atoms with Gasteiger partial charge in [-0.3, -0.25) is 4.79 Å². The average Bonchev–Trinajstić information content (AvgIpc) is 3.07. The van der Waals surface area contributed by atoms with Gasteiger partial charge >= 0.3 is 6.18 Å². The van der Waals surface area contributed by atoms with Crippen LogP contribution in [0, 0.1) is 5.92 Å². The van der Waals surface area contributed by atoms with Crippen LogP contribution in [0.2, 0.25) is 5.02 Å². The molecule has 5 nitrogen and oxygen atoms in total. The summed E-state index contributed by atoms with van der Waals surface area (Å²) in [5, 5.41) is 2.96. The molecule has 3 rings (SSSR count). The van der Waals surface area contributed by atoms with Crippen molar-refractivity contribution in [1.29, 1.82) is 0 Å². The average molecular weight is 421 g/mol. The van der Waals surface area contributed by atoms with E-state index in [2.05, 4.69) is 5.32 Å². The number of rotatable bonds is 4. The standard InChI is InChI=1S/C19H24ClF3N2O3/c1-12(2)16(24-15-4-3-13(11-14(15)20)19(21,22)23)17(26)25-7-5-18(6-8-25)27-9-10-28-18/h3-4,11-12,16,24H,5-10H2,1-2H3/t16-/m1/s1. The van der Waals surface area contributed by atoms with Crippen LogP contribution in [-0.4, -0.2) is 48.9 Å². The van der Waals surface area contributed by atoms with E-state index in [-0.39, 0.29) is 16.8 Å². The molecule has 0 bridgehead atoms. The second-order valence-corrected chi connectivity index (χ2v) is 7.90. The second-order valence-electron chi connectivity index (χ2n) is 7.49. The minimum absolute atomic E-state index is 0.0707. The number of carbonyl (C=O) groups excluding carboxylic acids is 1. The third-order valence-electron chi connectivity index (χ3n) is 5.19. The number of benzene rings is 1. The number of ether oxygens (including phenoxy) is 2. The second kappa shape index (κ2) is 8.08. The lowest BCUT2D eigenvalue weighted by atomic mass is 9.98. The van der Waals surface area contributed by atoms with Gasteiger partial charge in [0.05, 0.1) is 29.5 Å². The Morgan fingerprint density at radius 3 is 2.32 bits per heavy atom. The van der Waals surface area contributed by atoms with Crippen molar-refractivity contribution in [3.63, 3.8) is 0 Å². The zero-order chi connectivity index (χ0) is 20.5. The molecule has 28 heavy (non-hydrogen) atoms. The van der Waals surface area contributed by atoms with Crippen molar-refractivity contribution in [3.05, 3.63) is 28.8 Å². The molecule has 1 spiro atoms. The van der Waals surface area contributed by atoms with Gasteiger partial charge in [-0.1, -0.05) is 25.4 Å². The maximum atomic E-state index is 13.0. The number of halogens is 4. The van der Waals surface area contributed by atoms with Crippen LogP contribution in [0.5, 0.6) is 0 Å². The van der Waals surface area contributed by atoms with Gasteiger partial charge in [0.25, 0.3) is 0 Å². The van der Waals surface area contributed by atoms with Crippen molar-refractivity contribution in [3.8, 4) is 0 Å². The molecule has 0 saturated carbocycles. The summed E-state index contributed by atoms with van der Waals surface area (Å²) in [5.41, 5.74) is -0.522. The molecule has 9 heteroatoms. The number of anilines is 1. The number of nitrogens with zero attached hydrogens (tertiary/aromatic N) is 1. The molecule has 2 aliphatic rings. The zero-order valence-electron chi connectivity index (χ0n) is 15.8. The molecule has 2 heterocycles. The molecule has 2 saturated heterocycles. The molecule has 0 unspecified atom stereocenters. The highest BCUT2D eigenvalue weighted by atomic mass is 35.5. The molecule has 1 aromatic carbocycles. The monoisotopic (exact) mass is 420 g/mol. The lowest BCUT2D eigenvalue weighted by molar-refractivity contribution is -0.187. The molecule has 0 aliphatic carbocycles. The van der Waals surface area contributed by atoms with Crippen LogP contribution in [-0.2, 0) is 20.4 Å². The topological polar surface area (TPSA) is 50.8 Å². The number of hydrogen-bond donors (Lipinski definition) is 1. The largest absolute Gasteiger partial charge is 0.416 e. The van der Waals surface area contributed by atoms with Gasteiger partial charge in [-0.2, -0.15) is 13.2 Å². The minimum Gasteiger partial charge on any atom is -0.372 e. The third kappa shape index (κ3) is 4.55. The first-order chi connectivity index (χ1) is 13.1. The lowest BCUT2D eigenvalue weighted by Gasteiger charge is -2.39. The third-order valence-corrected chi connectivity index (χ3v) is 5.50. The van der Waals surface area contributed by atoms with Gasteiger partial charge in [-0.25, -0.2) is 0 Å². The molecule has 0 aromatic heterocycles. The first-order valence-corrected chi connectivity index (χ1v) is 9.69. The Morgan fingerprint density at radius 1 is 1.21 bits per heavy atom. The highest BCUT2D eigenvalue weighted by Crippen LogP contribution is 2.35. The minimum atomic E-state index is -4.47. The summed E-state index contributed by atoms with van der Waals surface area (Å²) in [7, 11) is 0. The summed E-state index contributed by atoms with van der Waals surface area (Å²) in [6.07, 6.45) is -3.27. The van der Waals surface area contributed by atoms with Crippen molar-refractivity contribution in [2.75, 3.05) is 31.6 Å². The lowest BCUT2D eigenvalue weighted by Crippen LogP contribution is -2.52.